The van der Waals surface area contributed by atoms with Gasteiger partial charge in [0.1, 0.15) is 11.6 Å². The fraction of sp³-hybridized carbons (Fsp3) is 0.412. The van der Waals surface area contributed by atoms with E-state index in [9.17, 15) is 4.39 Å². The van der Waals surface area contributed by atoms with Crippen LogP contribution in [0.5, 0.6) is 0 Å². The number of nitrogens with one attached hydrogen (secondary N) is 1. The lowest BCUT2D eigenvalue weighted by atomic mass is 9.99. The lowest BCUT2D eigenvalue weighted by Gasteiger charge is -2.21. The third kappa shape index (κ3) is 4.01. The van der Waals surface area contributed by atoms with Crippen molar-refractivity contribution in [3.8, 4) is 11.3 Å². The summed E-state index contributed by atoms with van der Waals surface area (Å²) in [4.78, 5) is 0. The highest BCUT2D eigenvalue weighted by molar-refractivity contribution is 5.59. The molecule has 1 aromatic heterocycles. The molecule has 5 heteroatoms. The van der Waals surface area contributed by atoms with E-state index in [4.69, 9.17) is 4.74 Å². The maximum absolute atomic E-state index is 12.9. The van der Waals surface area contributed by atoms with Gasteiger partial charge in [0.2, 0.25) is 0 Å². The molecule has 1 fully saturated rings. The summed E-state index contributed by atoms with van der Waals surface area (Å²) in [5.41, 5.74) is 1.60. The predicted molar refractivity (Wildman–Crippen MR) is 84.1 cm³/mol. The van der Waals surface area contributed by atoms with E-state index in [1.165, 1.54) is 18.6 Å². The first-order valence-corrected chi connectivity index (χ1v) is 7.72. The second-order valence-electron chi connectivity index (χ2n) is 5.61. The van der Waals surface area contributed by atoms with Crippen molar-refractivity contribution in [2.45, 2.75) is 19.3 Å². The summed E-state index contributed by atoms with van der Waals surface area (Å²) in [6.07, 6.45) is 3.50. The Hall–Kier alpha value is -2.01. The lowest BCUT2D eigenvalue weighted by Crippen LogP contribution is -2.20. The molecule has 2 aromatic rings. The zero-order valence-electron chi connectivity index (χ0n) is 12.5. The van der Waals surface area contributed by atoms with Gasteiger partial charge in [-0.1, -0.05) is 0 Å². The molecule has 1 unspecified atom stereocenters. The van der Waals surface area contributed by atoms with E-state index >= 15 is 0 Å². The molecule has 0 spiro atoms. The molecule has 22 heavy (non-hydrogen) atoms. The van der Waals surface area contributed by atoms with E-state index in [1.807, 2.05) is 12.1 Å². The number of halogens is 1. The summed E-state index contributed by atoms with van der Waals surface area (Å²) in [5.74, 6) is 1.16. The lowest BCUT2D eigenvalue weighted by molar-refractivity contribution is 0.0530. The number of aromatic nitrogens is 2. The number of ether oxygens (including phenoxy) is 1. The van der Waals surface area contributed by atoms with Crippen LogP contribution in [0.25, 0.3) is 11.3 Å². The smallest absolute Gasteiger partial charge is 0.148 e. The van der Waals surface area contributed by atoms with Gasteiger partial charge in [-0.15, -0.1) is 10.2 Å². The molecule has 1 aromatic carbocycles. The number of rotatable bonds is 5. The van der Waals surface area contributed by atoms with Crippen LogP contribution in [0, 0.1) is 11.7 Å². The van der Waals surface area contributed by atoms with Crippen molar-refractivity contribution in [2.75, 3.05) is 25.1 Å². The van der Waals surface area contributed by atoms with Gasteiger partial charge in [-0.05, 0) is 61.6 Å². The average Bonchev–Trinajstić information content (AvgIpc) is 2.57. The SMILES string of the molecule is Fc1ccc(-c2ccc(NCCC3CCCOC3)nn2)cc1. The number of nitrogens with zero attached hydrogens (tertiary/aromatic N) is 2. The highest BCUT2D eigenvalue weighted by Gasteiger charge is 2.13. The van der Waals surface area contributed by atoms with Crippen molar-refractivity contribution in [3.05, 3.63) is 42.2 Å². The third-order valence-electron chi connectivity index (χ3n) is 3.92. The van der Waals surface area contributed by atoms with E-state index in [1.54, 1.807) is 12.1 Å². The summed E-state index contributed by atoms with van der Waals surface area (Å²) in [5, 5.41) is 11.6. The Labute approximate surface area is 129 Å². The van der Waals surface area contributed by atoms with Crippen LogP contribution in [0.2, 0.25) is 0 Å². The normalized spacial score (nSPS) is 18.1. The zero-order valence-corrected chi connectivity index (χ0v) is 12.5. The monoisotopic (exact) mass is 301 g/mol. The molecule has 1 saturated heterocycles. The molecule has 1 atom stereocenters. The molecule has 3 rings (SSSR count). The van der Waals surface area contributed by atoms with Crippen LogP contribution < -0.4 is 5.32 Å². The first-order valence-electron chi connectivity index (χ1n) is 7.72. The Morgan fingerprint density at radius 3 is 2.68 bits per heavy atom. The van der Waals surface area contributed by atoms with E-state index in [0.717, 1.165) is 49.7 Å². The molecular formula is C17H20FN3O. The van der Waals surface area contributed by atoms with Gasteiger partial charge in [0, 0.05) is 25.3 Å². The third-order valence-corrected chi connectivity index (χ3v) is 3.92. The molecule has 0 amide bonds. The predicted octanol–water partition coefficient (Wildman–Crippen LogP) is 3.51. The van der Waals surface area contributed by atoms with Gasteiger partial charge in [0.25, 0.3) is 0 Å². The Balaban J connectivity index is 1.51. The fourth-order valence-electron chi connectivity index (χ4n) is 2.64. The Kier molecular flexibility index (Phi) is 4.96. The number of anilines is 1. The topological polar surface area (TPSA) is 47.0 Å². The van der Waals surface area contributed by atoms with Crippen LogP contribution >= 0.6 is 0 Å². The Morgan fingerprint density at radius 1 is 1.14 bits per heavy atom. The average molecular weight is 301 g/mol. The molecule has 1 aliphatic heterocycles. The first-order chi connectivity index (χ1) is 10.8. The molecule has 0 saturated carbocycles. The molecule has 0 radical (unpaired) electrons. The maximum atomic E-state index is 12.9. The van der Waals surface area contributed by atoms with Crippen molar-refractivity contribution in [3.63, 3.8) is 0 Å². The van der Waals surface area contributed by atoms with E-state index in [-0.39, 0.29) is 5.82 Å². The van der Waals surface area contributed by atoms with E-state index in [0.29, 0.717) is 5.92 Å². The highest BCUT2D eigenvalue weighted by atomic mass is 19.1. The fourth-order valence-corrected chi connectivity index (χ4v) is 2.64. The van der Waals surface area contributed by atoms with Crippen LogP contribution in [0.1, 0.15) is 19.3 Å². The maximum Gasteiger partial charge on any atom is 0.148 e. The van der Waals surface area contributed by atoms with Crippen molar-refractivity contribution in [2.24, 2.45) is 5.92 Å². The zero-order chi connectivity index (χ0) is 15.2. The summed E-state index contributed by atoms with van der Waals surface area (Å²) in [6.45, 7) is 2.65. The second-order valence-corrected chi connectivity index (χ2v) is 5.61. The van der Waals surface area contributed by atoms with Crippen LogP contribution in [0.4, 0.5) is 10.2 Å². The van der Waals surface area contributed by atoms with Crippen molar-refractivity contribution in [1.82, 2.24) is 10.2 Å². The number of benzene rings is 1. The molecule has 1 N–H and O–H groups in total. The van der Waals surface area contributed by atoms with Crippen LogP contribution in [-0.4, -0.2) is 30.0 Å². The van der Waals surface area contributed by atoms with Gasteiger partial charge in [0.05, 0.1) is 5.69 Å². The molecule has 1 aliphatic rings. The van der Waals surface area contributed by atoms with E-state index in [2.05, 4.69) is 15.5 Å². The Morgan fingerprint density at radius 2 is 2.00 bits per heavy atom. The minimum Gasteiger partial charge on any atom is -0.381 e. The van der Waals surface area contributed by atoms with Gasteiger partial charge in [-0.2, -0.15) is 0 Å². The standard InChI is InChI=1S/C17H20FN3O/c18-15-5-3-14(4-6-15)16-7-8-17(21-20-16)19-10-9-13-2-1-11-22-12-13/h3-8,13H,1-2,9-12H2,(H,19,21). The Bertz CT molecular complexity index is 580. The van der Waals surface area contributed by atoms with Crippen LogP contribution in [-0.2, 0) is 4.74 Å². The van der Waals surface area contributed by atoms with Crippen molar-refractivity contribution < 1.29 is 9.13 Å². The van der Waals surface area contributed by atoms with Gasteiger partial charge in [-0.3, -0.25) is 0 Å². The molecule has 0 aliphatic carbocycles. The van der Waals surface area contributed by atoms with Gasteiger partial charge in [0.15, 0.2) is 0 Å². The van der Waals surface area contributed by atoms with Gasteiger partial charge >= 0.3 is 0 Å². The first kappa shape index (κ1) is 14.9. The molecular weight excluding hydrogens is 281 g/mol. The largest absolute Gasteiger partial charge is 0.381 e. The molecule has 2 heterocycles. The summed E-state index contributed by atoms with van der Waals surface area (Å²) in [7, 11) is 0. The molecule has 0 bridgehead atoms. The molecule has 4 nitrogen and oxygen atoms in total. The van der Waals surface area contributed by atoms with Gasteiger partial charge in [-0.25, -0.2) is 4.39 Å². The summed E-state index contributed by atoms with van der Waals surface area (Å²) < 4.78 is 18.4. The quantitative estimate of drug-likeness (QED) is 0.918. The van der Waals surface area contributed by atoms with Crippen LogP contribution in [0.3, 0.4) is 0 Å². The van der Waals surface area contributed by atoms with Crippen molar-refractivity contribution >= 4 is 5.82 Å². The number of hydrogen-bond acceptors (Lipinski definition) is 4. The highest BCUT2D eigenvalue weighted by Crippen LogP contribution is 2.19. The van der Waals surface area contributed by atoms with E-state index < -0.39 is 0 Å². The molecule has 116 valence electrons. The van der Waals surface area contributed by atoms with Crippen molar-refractivity contribution in [1.29, 1.82) is 0 Å². The second kappa shape index (κ2) is 7.31. The van der Waals surface area contributed by atoms with Crippen LogP contribution in [0.15, 0.2) is 36.4 Å². The minimum atomic E-state index is -0.248. The number of hydrogen-bond donors (Lipinski definition) is 1. The summed E-state index contributed by atoms with van der Waals surface area (Å²) >= 11 is 0. The summed E-state index contributed by atoms with van der Waals surface area (Å²) in [6, 6.07) is 10.1. The minimum absolute atomic E-state index is 0.248. The van der Waals surface area contributed by atoms with Gasteiger partial charge < -0.3 is 10.1 Å².